The van der Waals surface area contributed by atoms with Crippen molar-refractivity contribution in [3.05, 3.63) is 65.7 Å². The van der Waals surface area contributed by atoms with Gasteiger partial charge in [0, 0.05) is 39.3 Å². The van der Waals surface area contributed by atoms with Crippen molar-refractivity contribution >= 4 is 18.0 Å². The van der Waals surface area contributed by atoms with Crippen LogP contribution in [0.15, 0.2) is 54.6 Å². The zero-order chi connectivity index (χ0) is 23.4. The minimum absolute atomic E-state index is 0.0876. The molecule has 0 radical (unpaired) electrons. The van der Waals surface area contributed by atoms with Gasteiger partial charge in [-0.2, -0.15) is 0 Å². The van der Waals surface area contributed by atoms with Crippen molar-refractivity contribution in [2.75, 3.05) is 40.9 Å². The fourth-order valence-corrected chi connectivity index (χ4v) is 4.71. The van der Waals surface area contributed by atoms with Crippen molar-refractivity contribution in [2.24, 2.45) is 0 Å². The van der Waals surface area contributed by atoms with Crippen molar-refractivity contribution in [1.29, 1.82) is 0 Å². The van der Waals surface area contributed by atoms with Crippen LogP contribution in [0, 0.1) is 0 Å². The maximum Gasteiger partial charge on any atom is 0.327 e. The monoisotopic (exact) mass is 449 g/mol. The summed E-state index contributed by atoms with van der Waals surface area (Å²) in [5.41, 5.74) is 1.39. The van der Waals surface area contributed by atoms with E-state index in [1.54, 1.807) is 26.2 Å². The summed E-state index contributed by atoms with van der Waals surface area (Å²) >= 11 is 0. The molecular formula is C26H31N3O4. The lowest BCUT2D eigenvalue weighted by Crippen LogP contribution is -2.55. The highest BCUT2D eigenvalue weighted by Gasteiger charge is 2.56. The lowest BCUT2D eigenvalue weighted by molar-refractivity contribution is -0.135. The molecule has 4 rings (SSSR count). The van der Waals surface area contributed by atoms with Gasteiger partial charge in [-0.25, -0.2) is 4.79 Å². The summed E-state index contributed by atoms with van der Waals surface area (Å²) in [5, 5.41) is 0. The molecule has 2 fully saturated rings. The van der Waals surface area contributed by atoms with E-state index in [4.69, 9.17) is 9.47 Å². The van der Waals surface area contributed by atoms with Gasteiger partial charge in [-0.15, -0.1) is 0 Å². The summed E-state index contributed by atoms with van der Waals surface area (Å²) in [4.78, 5) is 31.6. The molecule has 7 nitrogen and oxygen atoms in total. The summed E-state index contributed by atoms with van der Waals surface area (Å²) in [6.07, 6.45) is 5.06. The smallest absolute Gasteiger partial charge is 0.327 e. The maximum atomic E-state index is 13.4. The Morgan fingerprint density at radius 1 is 0.970 bits per heavy atom. The minimum Gasteiger partial charge on any atom is -0.497 e. The number of carbonyl (C=O) groups is 2. The molecule has 2 saturated heterocycles. The Hall–Kier alpha value is -3.32. The number of urea groups is 1. The van der Waals surface area contributed by atoms with Crippen molar-refractivity contribution in [3.63, 3.8) is 0 Å². The van der Waals surface area contributed by atoms with Gasteiger partial charge >= 0.3 is 6.03 Å². The van der Waals surface area contributed by atoms with E-state index in [0.717, 1.165) is 42.3 Å². The van der Waals surface area contributed by atoms with E-state index in [2.05, 4.69) is 4.90 Å². The third kappa shape index (κ3) is 4.59. The van der Waals surface area contributed by atoms with Crippen molar-refractivity contribution in [1.82, 2.24) is 14.7 Å². The number of piperidine rings is 1. The van der Waals surface area contributed by atoms with Crippen LogP contribution in [0.1, 0.15) is 24.0 Å². The number of hydrogen-bond donors (Lipinski definition) is 0. The molecule has 0 aliphatic carbocycles. The molecule has 2 aromatic rings. The lowest BCUT2D eigenvalue weighted by atomic mass is 9.86. The standard InChI is InChI=1S/C26H31N3O4/c1-27-25(31)29(13-7-10-20-8-5-4-6-9-20)24(30)26(27)11-14-28(15-12-26)19-21-16-22(32-2)18-23(17-21)33-3/h4-10,16-18H,11-15,19H2,1-3H3/b10-7+. The zero-order valence-electron chi connectivity index (χ0n) is 19.5. The minimum atomic E-state index is -0.750. The number of rotatable bonds is 7. The van der Waals surface area contributed by atoms with Crippen LogP contribution in [0.25, 0.3) is 6.08 Å². The number of amides is 3. The molecule has 0 unspecified atom stereocenters. The third-order valence-corrected chi connectivity index (χ3v) is 6.70. The first-order valence-electron chi connectivity index (χ1n) is 11.2. The number of likely N-dealkylation sites (tertiary alicyclic amines) is 1. The Labute approximate surface area is 195 Å². The van der Waals surface area contributed by atoms with Crippen LogP contribution in [0.2, 0.25) is 0 Å². The number of ether oxygens (including phenoxy) is 2. The van der Waals surface area contributed by atoms with E-state index >= 15 is 0 Å². The number of nitrogens with zero attached hydrogens (tertiary/aromatic N) is 3. The van der Waals surface area contributed by atoms with Gasteiger partial charge in [0.25, 0.3) is 5.91 Å². The predicted molar refractivity (Wildman–Crippen MR) is 127 cm³/mol. The Balaban J connectivity index is 1.40. The molecule has 0 bridgehead atoms. The second-order valence-corrected chi connectivity index (χ2v) is 8.60. The number of methoxy groups -OCH3 is 2. The number of likely N-dealkylation sites (N-methyl/N-ethyl adjacent to an activating group) is 1. The topological polar surface area (TPSA) is 62.3 Å². The average Bonchev–Trinajstić information content (AvgIpc) is 3.02. The highest BCUT2D eigenvalue weighted by molar-refractivity contribution is 6.07. The van der Waals surface area contributed by atoms with E-state index < -0.39 is 5.54 Å². The van der Waals surface area contributed by atoms with Gasteiger partial charge in [0.15, 0.2) is 0 Å². The Morgan fingerprint density at radius 2 is 1.61 bits per heavy atom. The quantitative estimate of drug-likeness (QED) is 0.604. The molecule has 2 aliphatic heterocycles. The van der Waals surface area contributed by atoms with E-state index in [0.29, 0.717) is 12.8 Å². The molecular weight excluding hydrogens is 418 g/mol. The number of benzene rings is 2. The van der Waals surface area contributed by atoms with E-state index in [9.17, 15) is 9.59 Å². The number of hydrogen-bond acceptors (Lipinski definition) is 5. The average molecular weight is 450 g/mol. The Bertz CT molecular complexity index is 1010. The molecule has 1 spiro atoms. The van der Waals surface area contributed by atoms with Gasteiger partial charge in [-0.3, -0.25) is 14.6 Å². The highest BCUT2D eigenvalue weighted by Crippen LogP contribution is 2.36. The molecule has 174 valence electrons. The molecule has 2 aliphatic rings. The second-order valence-electron chi connectivity index (χ2n) is 8.60. The fourth-order valence-electron chi connectivity index (χ4n) is 4.71. The Morgan fingerprint density at radius 3 is 2.21 bits per heavy atom. The molecule has 0 N–H and O–H groups in total. The van der Waals surface area contributed by atoms with Crippen molar-refractivity contribution in [2.45, 2.75) is 24.9 Å². The van der Waals surface area contributed by atoms with Crippen LogP contribution in [0.5, 0.6) is 11.5 Å². The number of carbonyl (C=O) groups excluding carboxylic acids is 2. The van der Waals surface area contributed by atoms with Gasteiger partial charge in [-0.05, 0) is 36.1 Å². The third-order valence-electron chi connectivity index (χ3n) is 6.70. The first-order chi connectivity index (χ1) is 16.0. The maximum absolute atomic E-state index is 13.4. The summed E-state index contributed by atoms with van der Waals surface area (Å²) in [6, 6.07) is 15.5. The summed E-state index contributed by atoms with van der Waals surface area (Å²) in [5.74, 6) is 1.43. The van der Waals surface area contributed by atoms with Crippen LogP contribution in [0.4, 0.5) is 4.79 Å². The predicted octanol–water partition coefficient (Wildman–Crippen LogP) is 3.65. The summed E-state index contributed by atoms with van der Waals surface area (Å²) < 4.78 is 10.8. The van der Waals surface area contributed by atoms with Gasteiger partial charge in [0.2, 0.25) is 0 Å². The van der Waals surface area contributed by atoms with E-state index in [1.807, 2.05) is 60.7 Å². The SMILES string of the molecule is COc1cc(CN2CCC3(CC2)C(=O)N(C/C=C/c2ccccc2)C(=O)N3C)cc(OC)c1. The summed E-state index contributed by atoms with van der Waals surface area (Å²) in [6.45, 7) is 2.48. The molecule has 0 atom stereocenters. The van der Waals surface area contributed by atoms with E-state index in [1.165, 1.54) is 4.90 Å². The molecule has 3 amide bonds. The van der Waals surface area contributed by atoms with Crippen LogP contribution in [0.3, 0.4) is 0 Å². The zero-order valence-corrected chi connectivity index (χ0v) is 19.5. The van der Waals surface area contributed by atoms with Crippen LogP contribution < -0.4 is 9.47 Å². The van der Waals surface area contributed by atoms with Gasteiger partial charge in [0.05, 0.1) is 14.2 Å². The molecule has 33 heavy (non-hydrogen) atoms. The number of imide groups is 1. The Kier molecular flexibility index (Phi) is 6.70. The molecule has 0 saturated carbocycles. The van der Waals surface area contributed by atoms with Gasteiger partial charge < -0.3 is 14.4 Å². The normalized spacial score (nSPS) is 18.5. The first kappa shape index (κ1) is 22.9. The largest absolute Gasteiger partial charge is 0.497 e. The van der Waals surface area contributed by atoms with Gasteiger partial charge in [0.1, 0.15) is 17.0 Å². The highest BCUT2D eigenvalue weighted by atomic mass is 16.5. The first-order valence-corrected chi connectivity index (χ1v) is 11.2. The fraction of sp³-hybridized carbons (Fsp3) is 0.385. The van der Waals surface area contributed by atoms with Crippen LogP contribution >= 0.6 is 0 Å². The van der Waals surface area contributed by atoms with Crippen LogP contribution in [-0.4, -0.2) is 73.1 Å². The molecule has 7 heteroatoms. The lowest BCUT2D eigenvalue weighted by Gasteiger charge is -2.40. The van der Waals surface area contributed by atoms with Gasteiger partial charge in [-0.1, -0.05) is 42.5 Å². The van der Waals surface area contributed by atoms with E-state index in [-0.39, 0.29) is 18.5 Å². The molecule has 2 aromatic carbocycles. The molecule has 0 aromatic heterocycles. The molecule has 2 heterocycles. The van der Waals surface area contributed by atoms with Crippen LogP contribution in [-0.2, 0) is 11.3 Å². The summed E-state index contributed by atoms with van der Waals surface area (Å²) in [7, 11) is 5.04. The van der Waals surface area contributed by atoms with Crippen molar-refractivity contribution in [3.8, 4) is 11.5 Å². The van der Waals surface area contributed by atoms with Crippen molar-refractivity contribution < 1.29 is 19.1 Å². The second kappa shape index (κ2) is 9.67.